The zero-order valence-corrected chi connectivity index (χ0v) is 10.7. The Morgan fingerprint density at radius 1 is 1.18 bits per heavy atom. The molecule has 1 aliphatic rings. The maximum atomic E-state index is 5.80. The third-order valence-electron chi connectivity index (χ3n) is 2.53. The van der Waals surface area contributed by atoms with Gasteiger partial charge in [-0.3, -0.25) is 0 Å². The van der Waals surface area contributed by atoms with Crippen molar-refractivity contribution in [1.82, 2.24) is 0 Å². The van der Waals surface area contributed by atoms with Gasteiger partial charge in [0.1, 0.15) is 0 Å². The summed E-state index contributed by atoms with van der Waals surface area (Å²) in [5.41, 5.74) is 0.918. The molecule has 0 spiro atoms. The van der Waals surface area contributed by atoms with Gasteiger partial charge >= 0.3 is 0 Å². The van der Waals surface area contributed by atoms with E-state index in [1.165, 1.54) is 5.56 Å². The lowest BCUT2D eigenvalue weighted by Gasteiger charge is -2.34. The highest BCUT2D eigenvalue weighted by atomic mass is 16.9. The van der Waals surface area contributed by atoms with Crippen molar-refractivity contribution in [2.75, 3.05) is 6.61 Å². The predicted octanol–water partition coefficient (Wildman–Crippen LogP) is 3.26. The van der Waals surface area contributed by atoms with Gasteiger partial charge in [-0.2, -0.15) is 0 Å². The Morgan fingerprint density at radius 3 is 2.53 bits per heavy atom. The van der Waals surface area contributed by atoms with Gasteiger partial charge in [0, 0.05) is 6.42 Å². The Hall–Kier alpha value is -0.900. The molecule has 1 heterocycles. The van der Waals surface area contributed by atoms with Crippen molar-refractivity contribution < 1.29 is 14.2 Å². The largest absolute Gasteiger partial charge is 0.330 e. The van der Waals surface area contributed by atoms with Crippen LogP contribution in [-0.4, -0.2) is 18.7 Å². The van der Waals surface area contributed by atoms with E-state index in [4.69, 9.17) is 14.2 Å². The van der Waals surface area contributed by atoms with Gasteiger partial charge in [0.2, 0.25) is 0 Å². The summed E-state index contributed by atoms with van der Waals surface area (Å²) in [4.78, 5) is 0. The summed E-state index contributed by atoms with van der Waals surface area (Å²) in [6.07, 6.45) is 0.936. The molecule has 1 fully saturated rings. The molecule has 2 atom stereocenters. The summed E-state index contributed by atoms with van der Waals surface area (Å²) in [5.74, 6) is 0. The first-order valence-electron chi connectivity index (χ1n) is 6.04. The lowest BCUT2D eigenvalue weighted by atomic mass is 10.1. The summed E-state index contributed by atoms with van der Waals surface area (Å²) >= 11 is 0. The van der Waals surface area contributed by atoms with E-state index in [-0.39, 0.29) is 11.7 Å². The SMILES string of the molecule is CC(C)(C)OC1OCCC(c2ccccc2)O1. The first-order chi connectivity index (χ1) is 8.04. The van der Waals surface area contributed by atoms with Crippen molar-refractivity contribution in [3.63, 3.8) is 0 Å². The van der Waals surface area contributed by atoms with Gasteiger partial charge in [-0.05, 0) is 26.3 Å². The summed E-state index contributed by atoms with van der Waals surface area (Å²) in [7, 11) is 0. The fourth-order valence-corrected chi connectivity index (χ4v) is 1.78. The molecule has 17 heavy (non-hydrogen) atoms. The summed E-state index contributed by atoms with van der Waals surface area (Å²) in [5, 5.41) is 0. The Kier molecular flexibility index (Phi) is 3.82. The minimum atomic E-state index is -0.561. The number of benzene rings is 1. The van der Waals surface area contributed by atoms with Gasteiger partial charge in [-0.25, -0.2) is 0 Å². The Balaban J connectivity index is 1.98. The highest BCUT2D eigenvalue weighted by Crippen LogP contribution is 2.29. The minimum absolute atomic E-state index is 0.0669. The molecule has 0 bridgehead atoms. The number of hydrogen-bond acceptors (Lipinski definition) is 3. The molecule has 1 aromatic carbocycles. The molecular weight excluding hydrogens is 216 g/mol. The van der Waals surface area contributed by atoms with E-state index in [2.05, 4.69) is 12.1 Å². The van der Waals surface area contributed by atoms with Crippen molar-refractivity contribution in [3.8, 4) is 0 Å². The van der Waals surface area contributed by atoms with Crippen LogP contribution >= 0.6 is 0 Å². The van der Waals surface area contributed by atoms with Crippen molar-refractivity contribution in [2.45, 2.75) is 45.4 Å². The molecule has 0 aromatic heterocycles. The molecule has 2 rings (SSSR count). The zero-order chi connectivity index (χ0) is 12.3. The fraction of sp³-hybridized carbons (Fsp3) is 0.571. The van der Waals surface area contributed by atoms with Gasteiger partial charge < -0.3 is 14.2 Å². The van der Waals surface area contributed by atoms with E-state index in [9.17, 15) is 0 Å². The highest BCUT2D eigenvalue weighted by Gasteiger charge is 2.28. The molecule has 0 saturated carbocycles. The normalized spacial score (nSPS) is 25.8. The van der Waals surface area contributed by atoms with E-state index in [0.29, 0.717) is 6.61 Å². The third kappa shape index (κ3) is 3.80. The molecular formula is C14H20O3. The summed E-state index contributed by atoms with van der Waals surface area (Å²) in [6, 6.07) is 10.2. The Labute approximate surface area is 103 Å². The number of rotatable bonds is 2. The second-order valence-corrected chi connectivity index (χ2v) is 5.21. The molecule has 0 radical (unpaired) electrons. The van der Waals surface area contributed by atoms with Crippen LogP contribution < -0.4 is 0 Å². The molecule has 0 aliphatic carbocycles. The standard InChI is InChI=1S/C14H20O3/c1-14(2,3)17-13-15-10-9-12(16-13)11-7-5-4-6-8-11/h4-8,12-13H,9-10H2,1-3H3. The van der Waals surface area contributed by atoms with Crippen molar-refractivity contribution in [3.05, 3.63) is 35.9 Å². The summed E-state index contributed by atoms with van der Waals surface area (Å²) < 4.78 is 17.0. The van der Waals surface area contributed by atoms with Crippen LogP contribution in [0.3, 0.4) is 0 Å². The second-order valence-electron chi connectivity index (χ2n) is 5.21. The Morgan fingerprint density at radius 2 is 1.88 bits per heavy atom. The lowest BCUT2D eigenvalue weighted by molar-refractivity contribution is -0.357. The van der Waals surface area contributed by atoms with Crippen LogP contribution in [0.1, 0.15) is 38.9 Å². The fourth-order valence-electron chi connectivity index (χ4n) is 1.78. The quantitative estimate of drug-likeness (QED) is 0.788. The molecule has 3 heteroatoms. The van der Waals surface area contributed by atoms with E-state index < -0.39 is 6.48 Å². The van der Waals surface area contributed by atoms with Gasteiger partial charge in [0.25, 0.3) is 6.48 Å². The van der Waals surface area contributed by atoms with Crippen LogP contribution in [0.25, 0.3) is 0 Å². The van der Waals surface area contributed by atoms with Crippen LogP contribution in [-0.2, 0) is 14.2 Å². The molecule has 0 amide bonds. The van der Waals surface area contributed by atoms with Gasteiger partial charge in [-0.15, -0.1) is 0 Å². The molecule has 2 unspecified atom stereocenters. The van der Waals surface area contributed by atoms with Gasteiger partial charge in [0.05, 0.1) is 18.3 Å². The molecule has 1 saturated heterocycles. The van der Waals surface area contributed by atoms with Crippen molar-refractivity contribution in [2.24, 2.45) is 0 Å². The maximum Gasteiger partial charge on any atom is 0.272 e. The second kappa shape index (κ2) is 5.17. The van der Waals surface area contributed by atoms with Gasteiger partial charge in [-0.1, -0.05) is 30.3 Å². The van der Waals surface area contributed by atoms with E-state index in [1.54, 1.807) is 0 Å². The average Bonchev–Trinajstić information content (AvgIpc) is 2.28. The topological polar surface area (TPSA) is 27.7 Å². The molecule has 1 aromatic rings. The van der Waals surface area contributed by atoms with E-state index >= 15 is 0 Å². The number of hydrogen-bond donors (Lipinski definition) is 0. The maximum absolute atomic E-state index is 5.80. The van der Waals surface area contributed by atoms with Crippen LogP contribution in [0.2, 0.25) is 0 Å². The monoisotopic (exact) mass is 236 g/mol. The van der Waals surface area contributed by atoms with Gasteiger partial charge in [0.15, 0.2) is 0 Å². The average molecular weight is 236 g/mol. The molecule has 1 aliphatic heterocycles. The zero-order valence-electron chi connectivity index (χ0n) is 10.7. The minimum Gasteiger partial charge on any atom is -0.330 e. The van der Waals surface area contributed by atoms with Crippen molar-refractivity contribution >= 4 is 0 Å². The first-order valence-corrected chi connectivity index (χ1v) is 6.04. The Bertz CT molecular complexity index is 342. The predicted molar refractivity (Wildman–Crippen MR) is 65.5 cm³/mol. The first kappa shape index (κ1) is 12.6. The van der Waals surface area contributed by atoms with Crippen LogP contribution in [0.5, 0.6) is 0 Å². The molecule has 94 valence electrons. The lowest BCUT2D eigenvalue weighted by Crippen LogP contribution is -2.36. The van der Waals surface area contributed by atoms with Crippen LogP contribution in [0.4, 0.5) is 0 Å². The molecule has 0 N–H and O–H groups in total. The number of ether oxygens (including phenoxy) is 3. The third-order valence-corrected chi connectivity index (χ3v) is 2.53. The summed E-state index contributed by atoms with van der Waals surface area (Å²) in [6.45, 7) is 6.08. The van der Waals surface area contributed by atoms with Crippen LogP contribution in [0.15, 0.2) is 30.3 Å². The highest BCUT2D eigenvalue weighted by molar-refractivity contribution is 5.17. The smallest absolute Gasteiger partial charge is 0.272 e. The van der Waals surface area contributed by atoms with E-state index in [1.807, 2.05) is 39.0 Å². The van der Waals surface area contributed by atoms with Crippen LogP contribution in [0, 0.1) is 0 Å². The van der Waals surface area contributed by atoms with E-state index in [0.717, 1.165) is 6.42 Å². The molecule has 3 nitrogen and oxygen atoms in total. The van der Waals surface area contributed by atoms with Crippen molar-refractivity contribution in [1.29, 1.82) is 0 Å².